The third-order valence-corrected chi connectivity index (χ3v) is 5.36. The molecule has 146 valence electrons. The third kappa shape index (κ3) is 3.62. The van der Waals surface area contributed by atoms with Crippen LogP contribution in [-0.4, -0.2) is 42.5 Å². The van der Waals surface area contributed by atoms with E-state index in [1.165, 1.54) is 6.07 Å². The second-order valence-corrected chi connectivity index (χ2v) is 7.44. The van der Waals surface area contributed by atoms with E-state index in [9.17, 15) is 9.59 Å². The summed E-state index contributed by atoms with van der Waals surface area (Å²) >= 11 is 12.2. The molecule has 0 aliphatic carbocycles. The first-order valence-corrected chi connectivity index (χ1v) is 9.75. The van der Waals surface area contributed by atoms with E-state index in [1.807, 2.05) is 0 Å². The average Bonchev–Trinajstić information content (AvgIpc) is 3.19. The predicted molar refractivity (Wildman–Crippen MR) is 107 cm³/mol. The van der Waals surface area contributed by atoms with Crippen molar-refractivity contribution >= 4 is 40.7 Å². The van der Waals surface area contributed by atoms with Crippen LogP contribution in [0.5, 0.6) is 11.5 Å². The zero-order valence-corrected chi connectivity index (χ0v) is 16.4. The Labute approximate surface area is 172 Å². The van der Waals surface area contributed by atoms with Crippen molar-refractivity contribution in [3.63, 3.8) is 0 Å². The molecule has 2 amide bonds. The summed E-state index contributed by atoms with van der Waals surface area (Å²) in [5.41, 5.74) is 0.824. The maximum atomic E-state index is 13.0. The van der Waals surface area contributed by atoms with Crippen molar-refractivity contribution in [1.82, 2.24) is 4.90 Å². The van der Waals surface area contributed by atoms with Crippen LogP contribution in [0, 0.1) is 0 Å². The number of ether oxygens (including phenoxy) is 2. The highest BCUT2D eigenvalue weighted by Gasteiger charge is 2.35. The van der Waals surface area contributed by atoms with Gasteiger partial charge in [0.1, 0.15) is 19.3 Å². The summed E-state index contributed by atoms with van der Waals surface area (Å²) < 4.78 is 11.2. The van der Waals surface area contributed by atoms with Crippen molar-refractivity contribution in [1.29, 1.82) is 0 Å². The number of anilines is 1. The summed E-state index contributed by atoms with van der Waals surface area (Å²) in [5, 5.41) is 3.60. The van der Waals surface area contributed by atoms with Crippen molar-refractivity contribution in [2.24, 2.45) is 0 Å². The number of likely N-dealkylation sites (tertiary alicyclic amines) is 1. The summed E-state index contributed by atoms with van der Waals surface area (Å²) in [5.74, 6) is 0.524. The SMILES string of the molecule is O=C(Nc1cccc2c1OCCO2)C1CCCN1C(=O)c1cc(Cl)ccc1Cl. The molecule has 1 atom stereocenters. The number of carbonyl (C=O) groups excluding carboxylic acids is 2. The van der Waals surface area contributed by atoms with Gasteiger partial charge in [-0.05, 0) is 43.2 Å². The Balaban J connectivity index is 1.54. The highest BCUT2D eigenvalue weighted by molar-refractivity contribution is 6.35. The molecule has 0 spiro atoms. The molecule has 2 aliphatic heterocycles. The minimum atomic E-state index is -0.595. The van der Waals surface area contributed by atoms with Crippen LogP contribution in [0.2, 0.25) is 10.0 Å². The van der Waals surface area contributed by atoms with Gasteiger partial charge in [-0.25, -0.2) is 0 Å². The molecule has 0 bridgehead atoms. The van der Waals surface area contributed by atoms with Gasteiger partial charge in [-0.3, -0.25) is 9.59 Å². The molecule has 2 aromatic carbocycles. The fourth-order valence-electron chi connectivity index (χ4n) is 3.49. The quantitative estimate of drug-likeness (QED) is 0.814. The lowest BCUT2D eigenvalue weighted by Crippen LogP contribution is -2.43. The van der Waals surface area contributed by atoms with E-state index in [0.29, 0.717) is 59.0 Å². The molecule has 4 rings (SSSR count). The molecule has 2 aliphatic rings. The number of hydrogen-bond acceptors (Lipinski definition) is 4. The van der Waals surface area contributed by atoms with Gasteiger partial charge in [-0.15, -0.1) is 0 Å². The molecule has 8 heteroatoms. The second-order valence-electron chi connectivity index (χ2n) is 6.60. The van der Waals surface area contributed by atoms with E-state index >= 15 is 0 Å². The second kappa shape index (κ2) is 7.89. The Hall–Kier alpha value is -2.44. The summed E-state index contributed by atoms with van der Waals surface area (Å²) in [6, 6.07) is 9.45. The molecular weight excluding hydrogens is 403 g/mol. The van der Waals surface area contributed by atoms with Gasteiger partial charge in [0.2, 0.25) is 5.91 Å². The molecule has 0 aromatic heterocycles. The largest absolute Gasteiger partial charge is 0.486 e. The Morgan fingerprint density at radius 1 is 1.11 bits per heavy atom. The lowest BCUT2D eigenvalue weighted by molar-refractivity contribution is -0.119. The van der Waals surface area contributed by atoms with E-state index in [0.717, 1.165) is 6.42 Å². The van der Waals surface area contributed by atoms with Crippen LogP contribution in [0.25, 0.3) is 0 Å². The molecule has 1 N–H and O–H groups in total. The third-order valence-electron chi connectivity index (χ3n) is 4.80. The zero-order chi connectivity index (χ0) is 19.7. The van der Waals surface area contributed by atoms with Crippen LogP contribution in [-0.2, 0) is 4.79 Å². The topological polar surface area (TPSA) is 67.9 Å². The van der Waals surface area contributed by atoms with Crippen LogP contribution < -0.4 is 14.8 Å². The Bertz CT molecular complexity index is 934. The number of benzene rings is 2. The van der Waals surface area contributed by atoms with Crippen molar-refractivity contribution in [3.05, 3.63) is 52.0 Å². The van der Waals surface area contributed by atoms with Gasteiger partial charge in [0.15, 0.2) is 11.5 Å². The Morgan fingerprint density at radius 2 is 1.93 bits per heavy atom. The fraction of sp³-hybridized carbons (Fsp3) is 0.300. The lowest BCUT2D eigenvalue weighted by atomic mass is 10.1. The standard InChI is InChI=1S/C20H18Cl2N2O4/c21-12-6-7-14(22)13(11-12)20(26)24-8-2-4-16(24)19(25)23-15-3-1-5-17-18(15)28-10-9-27-17/h1,3,5-7,11,16H,2,4,8-10H2,(H,23,25). The Morgan fingerprint density at radius 3 is 2.79 bits per heavy atom. The highest BCUT2D eigenvalue weighted by Crippen LogP contribution is 2.37. The molecule has 2 heterocycles. The first kappa shape index (κ1) is 18.9. The van der Waals surface area contributed by atoms with Crippen molar-refractivity contribution in [2.45, 2.75) is 18.9 Å². The lowest BCUT2D eigenvalue weighted by Gasteiger charge is -2.26. The van der Waals surface area contributed by atoms with Crippen molar-refractivity contribution in [3.8, 4) is 11.5 Å². The van der Waals surface area contributed by atoms with E-state index in [1.54, 1.807) is 35.2 Å². The van der Waals surface area contributed by atoms with E-state index in [2.05, 4.69) is 5.32 Å². The fourth-order valence-corrected chi connectivity index (χ4v) is 3.86. The monoisotopic (exact) mass is 420 g/mol. The molecule has 0 saturated carbocycles. The highest BCUT2D eigenvalue weighted by atomic mass is 35.5. The number of halogens is 2. The number of rotatable bonds is 3. The number of para-hydroxylation sites is 1. The van der Waals surface area contributed by atoms with Crippen LogP contribution in [0.1, 0.15) is 23.2 Å². The van der Waals surface area contributed by atoms with Crippen molar-refractivity contribution in [2.75, 3.05) is 25.1 Å². The van der Waals surface area contributed by atoms with Crippen LogP contribution in [0.3, 0.4) is 0 Å². The molecule has 2 aromatic rings. The first-order valence-electron chi connectivity index (χ1n) is 9.00. The summed E-state index contributed by atoms with van der Waals surface area (Å²) in [6.45, 7) is 1.36. The number of nitrogens with one attached hydrogen (secondary N) is 1. The maximum Gasteiger partial charge on any atom is 0.256 e. The van der Waals surface area contributed by atoms with Gasteiger partial charge in [-0.1, -0.05) is 29.3 Å². The maximum absolute atomic E-state index is 13.0. The Kier molecular flexibility index (Phi) is 5.33. The minimum absolute atomic E-state index is 0.272. The van der Waals surface area contributed by atoms with Gasteiger partial charge in [0.25, 0.3) is 5.91 Å². The molecule has 6 nitrogen and oxygen atoms in total. The van der Waals surface area contributed by atoms with Gasteiger partial charge in [-0.2, -0.15) is 0 Å². The molecular formula is C20H18Cl2N2O4. The number of nitrogens with zero attached hydrogens (tertiary/aromatic N) is 1. The molecule has 1 fully saturated rings. The van der Waals surface area contributed by atoms with E-state index < -0.39 is 6.04 Å². The number of amides is 2. The number of hydrogen-bond donors (Lipinski definition) is 1. The number of carbonyl (C=O) groups is 2. The molecule has 0 radical (unpaired) electrons. The van der Waals surface area contributed by atoms with Crippen LogP contribution in [0.4, 0.5) is 5.69 Å². The molecule has 1 unspecified atom stereocenters. The molecule has 28 heavy (non-hydrogen) atoms. The minimum Gasteiger partial charge on any atom is -0.486 e. The zero-order valence-electron chi connectivity index (χ0n) is 14.9. The number of fused-ring (bicyclic) bond motifs is 1. The van der Waals surface area contributed by atoms with E-state index in [-0.39, 0.29) is 11.8 Å². The van der Waals surface area contributed by atoms with Crippen LogP contribution >= 0.6 is 23.2 Å². The van der Waals surface area contributed by atoms with Gasteiger partial charge >= 0.3 is 0 Å². The van der Waals surface area contributed by atoms with Crippen molar-refractivity contribution < 1.29 is 19.1 Å². The smallest absolute Gasteiger partial charge is 0.256 e. The van der Waals surface area contributed by atoms with Gasteiger partial charge in [0.05, 0.1) is 16.3 Å². The summed E-state index contributed by atoms with van der Waals surface area (Å²) in [6.07, 6.45) is 1.30. The van der Waals surface area contributed by atoms with Gasteiger partial charge < -0.3 is 19.7 Å². The van der Waals surface area contributed by atoms with E-state index in [4.69, 9.17) is 32.7 Å². The summed E-state index contributed by atoms with van der Waals surface area (Å²) in [7, 11) is 0. The van der Waals surface area contributed by atoms with Gasteiger partial charge in [0, 0.05) is 11.6 Å². The summed E-state index contributed by atoms with van der Waals surface area (Å²) in [4.78, 5) is 27.5. The predicted octanol–water partition coefficient (Wildman–Crippen LogP) is 4.01. The average molecular weight is 421 g/mol. The van der Waals surface area contributed by atoms with Crippen LogP contribution in [0.15, 0.2) is 36.4 Å². The normalized spacial score (nSPS) is 18.1. The molecule has 1 saturated heterocycles. The first-order chi connectivity index (χ1) is 13.5.